The average molecular weight is 295 g/mol. The van der Waals surface area contributed by atoms with Gasteiger partial charge in [0.05, 0.1) is 45.4 Å². The molecule has 1 fully saturated rings. The lowest BCUT2D eigenvalue weighted by Gasteiger charge is -2.26. The lowest BCUT2D eigenvalue weighted by atomic mass is 10.2. The molecule has 21 heavy (non-hydrogen) atoms. The van der Waals surface area contributed by atoms with Crippen LogP contribution in [0.5, 0.6) is 11.5 Å². The minimum Gasteiger partial charge on any atom is -0.495 e. The van der Waals surface area contributed by atoms with Gasteiger partial charge in [-0.2, -0.15) is 0 Å². The molecule has 3 N–H and O–H groups in total. The van der Waals surface area contributed by atoms with Crippen LogP contribution in [-0.4, -0.2) is 57.9 Å². The Morgan fingerprint density at radius 2 is 1.95 bits per heavy atom. The van der Waals surface area contributed by atoms with Crippen LogP contribution >= 0.6 is 0 Å². The van der Waals surface area contributed by atoms with Gasteiger partial charge < -0.3 is 25.3 Å². The molecule has 0 unspecified atom stereocenters. The van der Waals surface area contributed by atoms with Crippen molar-refractivity contribution in [3.8, 4) is 11.5 Å². The molecule has 1 heterocycles. The number of methoxy groups -OCH3 is 2. The Balaban J connectivity index is 2.05. The zero-order valence-corrected chi connectivity index (χ0v) is 12.3. The summed E-state index contributed by atoms with van der Waals surface area (Å²) < 4.78 is 15.6. The van der Waals surface area contributed by atoms with E-state index in [0.717, 1.165) is 13.1 Å². The number of morpholine rings is 1. The summed E-state index contributed by atoms with van der Waals surface area (Å²) in [5, 5.41) is 2.83. The fourth-order valence-corrected chi connectivity index (χ4v) is 2.17. The van der Waals surface area contributed by atoms with Crippen molar-refractivity contribution in [1.29, 1.82) is 0 Å². The van der Waals surface area contributed by atoms with Crippen LogP contribution in [0.4, 0.5) is 11.4 Å². The average Bonchev–Trinajstić information content (AvgIpc) is 2.49. The number of ether oxygens (including phenoxy) is 3. The summed E-state index contributed by atoms with van der Waals surface area (Å²) in [6, 6.07) is 3.29. The van der Waals surface area contributed by atoms with Crippen molar-refractivity contribution in [1.82, 2.24) is 4.90 Å². The zero-order valence-electron chi connectivity index (χ0n) is 12.3. The van der Waals surface area contributed by atoms with Crippen LogP contribution in [0.3, 0.4) is 0 Å². The van der Waals surface area contributed by atoms with Crippen LogP contribution in [0, 0.1) is 0 Å². The molecule has 0 atom stereocenters. The molecule has 0 spiro atoms. The van der Waals surface area contributed by atoms with Crippen LogP contribution in [0.1, 0.15) is 0 Å². The molecule has 1 aliphatic heterocycles. The van der Waals surface area contributed by atoms with Gasteiger partial charge in [-0.05, 0) is 0 Å². The van der Waals surface area contributed by atoms with Crippen molar-refractivity contribution >= 4 is 17.3 Å². The van der Waals surface area contributed by atoms with E-state index in [-0.39, 0.29) is 5.91 Å². The van der Waals surface area contributed by atoms with E-state index in [1.807, 2.05) is 4.90 Å². The molecule has 2 rings (SSSR count). The lowest BCUT2D eigenvalue weighted by molar-refractivity contribution is -0.118. The van der Waals surface area contributed by atoms with Crippen LogP contribution in [-0.2, 0) is 9.53 Å². The standard InChI is InChI=1S/C14H21N3O4/c1-19-12-8-11(13(20-2)7-10(12)15)16-14(18)9-17-3-5-21-6-4-17/h7-8H,3-6,9,15H2,1-2H3,(H,16,18). The summed E-state index contributed by atoms with van der Waals surface area (Å²) in [6.45, 7) is 3.16. The zero-order chi connectivity index (χ0) is 15.2. The highest BCUT2D eigenvalue weighted by atomic mass is 16.5. The van der Waals surface area contributed by atoms with Gasteiger partial charge in [-0.3, -0.25) is 9.69 Å². The van der Waals surface area contributed by atoms with E-state index >= 15 is 0 Å². The third kappa shape index (κ3) is 3.99. The Morgan fingerprint density at radius 1 is 1.29 bits per heavy atom. The molecule has 1 aromatic carbocycles. The first kappa shape index (κ1) is 15.4. The molecule has 1 aromatic rings. The predicted molar refractivity (Wildman–Crippen MR) is 79.8 cm³/mol. The van der Waals surface area contributed by atoms with Crippen molar-refractivity contribution in [2.45, 2.75) is 0 Å². The quantitative estimate of drug-likeness (QED) is 0.772. The Bertz CT molecular complexity index is 501. The molecule has 0 bridgehead atoms. The van der Waals surface area contributed by atoms with Gasteiger partial charge in [-0.1, -0.05) is 0 Å². The van der Waals surface area contributed by atoms with Gasteiger partial charge in [-0.25, -0.2) is 0 Å². The van der Waals surface area contributed by atoms with Crippen molar-refractivity contribution in [3.05, 3.63) is 12.1 Å². The van der Waals surface area contributed by atoms with Crippen LogP contribution < -0.4 is 20.5 Å². The second-order valence-corrected chi connectivity index (χ2v) is 4.73. The molecule has 7 nitrogen and oxygen atoms in total. The molecule has 1 aliphatic rings. The summed E-state index contributed by atoms with van der Waals surface area (Å²) in [7, 11) is 3.05. The number of hydrogen-bond acceptors (Lipinski definition) is 6. The number of benzene rings is 1. The minimum absolute atomic E-state index is 0.109. The van der Waals surface area contributed by atoms with Gasteiger partial charge in [0.1, 0.15) is 11.5 Å². The highest BCUT2D eigenvalue weighted by molar-refractivity contribution is 5.94. The summed E-state index contributed by atoms with van der Waals surface area (Å²) in [6.07, 6.45) is 0. The largest absolute Gasteiger partial charge is 0.495 e. The molecule has 0 aliphatic carbocycles. The molecule has 1 amide bonds. The first-order valence-electron chi connectivity index (χ1n) is 6.75. The number of carbonyl (C=O) groups excluding carboxylic acids is 1. The number of amides is 1. The maximum Gasteiger partial charge on any atom is 0.238 e. The highest BCUT2D eigenvalue weighted by Crippen LogP contribution is 2.34. The first-order chi connectivity index (χ1) is 10.1. The minimum atomic E-state index is -0.109. The summed E-state index contributed by atoms with van der Waals surface area (Å²) in [4.78, 5) is 14.2. The van der Waals surface area contributed by atoms with Crippen LogP contribution in [0.25, 0.3) is 0 Å². The number of nitrogens with zero attached hydrogens (tertiary/aromatic N) is 1. The Morgan fingerprint density at radius 3 is 2.57 bits per heavy atom. The second-order valence-electron chi connectivity index (χ2n) is 4.73. The fraction of sp³-hybridized carbons (Fsp3) is 0.500. The first-order valence-corrected chi connectivity index (χ1v) is 6.75. The van der Waals surface area contributed by atoms with E-state index in [1.165, 1.54) is 14.2 Å². The van der Waals surface area contributed by atoms with Crippen LogP contribution in [0.15, 0.2) is 12.1 Å². The second kappa shape index (κ2) is 7.14. The van der Waals surface area contributed by atoms with Crippen molar-refractivity contribution in [3.63, 3.8) is 0 Å². The molecule has 116 valence electrons. The third-order valence-corrected chi connectivity index (χ3v) is 3.30. The van der Waals surface area contributed by atoms with Gasteiger partial charge in [0.15, 0.2) is 0 Å². The number of nitrogens with one attached hydrogen (secondary N) is 1. The van der Waals surface area contributed by atoms with Crippen LogP contribution in [0.2, 0.25) is 0 Å². The smallest absolute Gasteiger partial charge is 0.238 e. The Labute approximate surface area is 123 Å². The number of hydrogen-bond donors (Lipinski definition) is 2. The fourth-order valence-electron chi connectivity index (χ4n) is 2.17. The van der Waals surface area contributed by atoms with E-state index < -0.39 is 0 Å². The number of rotatable bonds is 5. The maximum atomic E-state index is 12.1. The molecule has 0 saturated carbocycles. The van der Waals surface area contributed by atoms with Gasteiger partial charge in [0, 0.05) is 25.2 Å². The van der Waals surface area contributed by atoms with Crippen molar-refractivity contribution in [2.24, 2.45) is 0 Å². The van der Waals surface area contributed by atoms with E-state index in [4.69, 9.17) is 19.9 Å². The molecule has 0 aromatic heterocycles. The molecule has 7 heteroatoms. The molecule has 0 radical (unpaired) electrons. The lowest BCUT2D eigenvalue weighted by Crippen LogP contribution is -2.41. The normalized spacial score (nSPS) is 15.5. The van der Waals surface area contributed by atoms with Crippen molar-refractivity contribution < 1.29 is 19.0 Å². The SMILES string of the molecule is COc1cc(NC(=O)CN2CCOCC2)c(OC)cc1N. The predicted octanol–water partition coefficient (Wildman–Crippen LogP) is 0.557. The van der Waals surface area contributed by atoms with E-state index in [9.17, 15) is 4.79 Å². The number of anilines is 2. The molecular weight excluding hydrogens is 274 g/mol. The number of nitrogens with two attached hydrogens (primary N) is 1. The monoisotopic (exact) mass is 295 g/mol. The molecular formula is C14H21N3O4. The van der Waals surface area contributed by atoms with Gasteiger partial charge in [0.2, 0.25) is 5.91 Å². The topological polar surface area (TPSA) is 86.0 Å². The van der Waals surface area contributed by atoms with E-state index in [2.05, 4.69) is 5.32 Å². The summed E-state index contributed by atoms with van der Waals surface area (Å²) >= 11 is 0. The van der Waals surface area contributed by atoms with E-state index in [0.29, 0.717) is 42.6 Å². The van der Waals surface area contributed by atoms with E-state index in [1.54, 1.807) is 12.1 Å². The maximum absolute atomic E-state index is 12.1. The Kier molecular flexibility index (Phi) is 5.24. The molecule has 1 saturated heterocycles. The third-order valence-electron chi connectivity index (χ3n) is 3.30. The van der Waals surface area contributed by atoms with Gasteiger partial charge >= 0.3 is 0 Å². The van der Waals surface area contributed by atoms with Gasteiger partial charge in [0.25, 0.3) is 0 Å². The number of carbonyl (C=O) groups is 1. The Hall–Kier alpha value is -1.99. The number of nitrogen functional groups attached to an aromatic ring is 1. The summed E-state index contributed by atoms with van der Waals surface area (Å²) in [5.41, 5.74) is 6.82. The highest BCUT2D eigenvalue weighted by Gasteiger charge is 2.16. The van der Waals surface area contributed by atoms with Gasteiger partial charge in [-0.15, -0.1) is 0 Å². The van der Waals surface area contributed by atoms with Crippen molar-refractivity contribution in [2.75, 3.05) is 58.1 Å². The summed E-state index contributed by atoms with van der Waals surface area (Å²) in [5.74, 6) is 0.892.